The molecule has 1 fully saturated rings. The van der Waals surface area contributed by atoms with E-state index in [-0.39, 0.29) is 23.2 Å². The zero-order valence-corrected chi connectivity index (χ0v) is 16.8. The van der Waals surface area contributed by atoms with Gasteiger partial charge in [0.1, 0.15) is 23.3 Å². The van der Waals surface area contributed by atoms with E-state index in [4.69, 9.17) is 22.1 Å². The summed E-state index contributed by atoms with van der Waals surface area (Å²) in [5.74, 6) is -0.502. The van der Waals surface area contributed by atoms with Crippen LogP contribution in [0.25, 0.3) is 11.4 Å². The molecule has 1 aliphatic rings. The van der Waals surface area contributed by atoms with Gasteiger partial charge in [-0.25, -0.2) is 14.4 Å². The lowest BCUT2D eigenvalue weighted by Gasteiger charge is -2.13. The number of carbonyl (C=O) groups excluding carboxylic acids is 2. The molecule has 2 amide bonds. The van der Waals surface area contributed by atoms with E-state index in [1.54, 1.807) is 24.3 Å². The predicted molar refractivity (Wildman–Crippen MR) is 113 cm³/mol. The van der Waals surface area contributed by atoms with Gasteiger partial charge >= 0.3 is 0 Å². The van der Waals surface area contributed by atoms with Crippen molar-refractivity contribution in [1.29, 1.82) is 0 Å². The summed E-state index contributed by atoms with van der Waals surface area (Å²) in [6, 6.07) is 11.5. The van der Waals surface area contributed by atoms with Gasteiger partial charge in [0, 0.05) is 29.3 Å². The molecule has 3 aromatic rings. The van der Waals surface area contributed by atoms with Crippen LogP contribution in [-0.2, 0) is 4.79 Å². The maximum Gasteiger partial charge on any atom is 0.267 e. The molecule has 0 bridgehead atoms. The van der Waals surface area contributed by atoms with Crippen LogP contribution in [0.1, 0.15) is 16.9 Å². The number of nitrogens with one attached hydrogen (secondary N) is 2. The number of aromatic nitrogens is 2. The molecule has 4 rings (SSSR count). The number of primary amides is 1. The van der Waals surface area contributed by atoms with Crippen LogP contribution in [0.4, 0.5) is 10.2 Å². The zero-order chi connectivity index (χ0) is 22.0. The number of nitrogens with two attached hydrogens (primary N) is 1. The topological polar surface area (TPSA) is 119 Å². The number of amides is 2. The van der Waals surface area contributed by atoms with Crippen molar-refractivity contribution < 1.29 is 18.7 Å². The average Bonchev–Trinajstić information content (AvgIpc) is 3.15. The van der Waals surface area contributed by atoms with Crippen molar-refractivity contribution >= 4 is 29.2 Å². The summed E-state index contributed by atoms with van der Waals surface area (Å²) in [7, 11) is 0. The van der Waals surface area contributed by atoms with Gasteiger partial charge in [0.05, 0.1) is 0 Å². The van der Waals surface area contributed by atoms with Crippen LogP contribution in [-0.4, -0.2) is 34.4 Å². The minimum absolute atomic E-state index is 0.00597. The second-order valence-electron chi connectivity index (χ2n) is 6.80. The summed E-state index contributed by atoms with van der Waals surface area (Å²) >= 11 is 5.88. The maximum absolute atomic E-state index is 13.9. The highest BCUT2D eigenvalue weighted by atomic mass is 35.5. The van der Waals surface area contributed by atoms with E-state index in [0.717, 1.165) is 0 Å². The van der Waals surface area contributed by atoms with Crippen LogP contribution >= 0.6 is 11.6 Å². The third-order valence-electron chi connectivity index (χ3n) is 4.58. The minimum atomic E-state index is -0.723. The molecule has 2 aromatic carbocycles. The van der Waals surface area contributed by atoms with Crippen LogP contribution in [0.2, 0.25) is 5.02 Å². The smallest absolute Gasteiger partial charge is 0.267 e. The first-order chi connectivity index (χ1) is 14.9. The molecular weight excluding hydrogens is 425 g/mol. The predicted octanol–water partition coefficient (Wildman–Crippen LogP) is 3.13. The number of hydrogen-bond donors (Lipinski definition) is 3. The lowest BCUT2D eigenvalue weighted by molar-refractivity contribution is -0.119. The van der Waals surface area contributed by atoms with E-state index in [1.807, 2.05) is 0 Å². The Labute approximate surface area is 181 Å². The van der Waals surface area contributed by atoms with Crippen molar-refractivity contribution in [2.45, 2.75) is 12.5 Å². The Balaban J connectivity index is 1.60. The van der Waals surface area contributed by atoms with Gasteiger partial charge in [-0.05, 0) is 42.8 Å². The molecule has 158 valence electrons. The van der Waals surface area contributed by atoms with E-state index < -0.39 is 17.8 Å². The number of hydrogen-bond acceptors (Lipinski definition) is 6. The average molecular weight is 442 g/mol. The van der Waals surface area contributed by atoms with Crippen molar-refractivity contribution in [3.05, 3.63) is 65.1 Å². The Hall–Kier alpha value is -3.72. The Kier molecular flexibility index (Phi) is 5.68. The number of nitrogens with zero attached hydrogens (tertiary/aromatic N) is 2. The zero-order valence-electron chi connectivity index (χ0n) is 16.1. The number of benzene rings is 2. The summed E-state index contributed by atoms with van der Waals surface area (Å²) in [6.07, 6.45) is 0.593. The van der Waals surface area contributed by atoms with Crippen molar-refractivity contribution in [3.8, 4) is 22.9 Å². The molecule has 1 unspecified atom stereocenters. The van der Waals surface area contributed by atoms with E-state index in [1.165, 1.54) is 24.3 Å². The fourth-order valence-corrected chi connectivity index (χ4v) is 3.20. The second kappa shape index (κ2) is 8.57. The molecule has 1 saturated heterocycles. The fraction of sp³-hybridized carbons (Fsp3) is 0.143. The second-order valence-corrected chi connectivity index (χ2v) is 7.24. The van der Waals surface area contributed by atoms with Crippen molar-refractivity contribution in [2.24, 2.45) is 5.73 Å². The monoisotopic (exact) mass is 441 g/mol. The first kappa shape index (κ1) is 20.5. The molecule has 0 aliphatic carbocycles. The normalized spacial score (nSPS) is 15.4. The minimum Gasteiger partial charge on any atom is -0.454 e. The van der Waals surface area contributed by atoms with Gasteiger partial charge in [0.2, 0.25) is 5.91 Å². The molecule has 1 aliphatic heterocycles. The van der Waals surface area contributed by atoms with Crippen molar-refractivity contribution in [2.75, 3.05) is 11.9 Å². The van der Waals surface area contributed by atoms with Crippen LogP contribution in [0, 0.1) is 5.82 Å². The molecule has 1 aromatic heterocycles. The molecule has 31 heavy (non-hydrogen) atoms. The van der Waals surface area contributed by atoms with E-state index in [9.17, 15) is 14.0 Å². The Morgan fingerprint density at radius 1 is 1.19 bits per heavy atom. The summed E-state index contributed by atoms with van der Waals surface area (Å²) in [5.41, 5.74) is 5.98. The van der Waals surface area contributed by atoms with Crippen LogP contribution in [0.3, 0.4) is 0 Å². The highest BCUT2D eigenvalue weighted by molar-refractivity contribution is 6.30. The number of anilines is 1. The van der Waals surface area contributed by atoms with Gasteiger partial charge in [-0.15, -0.1) is 0 Å². The third kappa shape index (κ3) is 4.72. The van der Waals surface area contributed by atoms with Crippen molar-refractivity contribution in [1.82, 2.24) is 15.3 Å². The summed E-state index contributed by atoms with van der Waals surface area (Å²) < 4.78 is 19.4. The third-order valence-corrected chi connectivity index (χ3v) is 4.82. The summed E-state index contributed by atoms with van der Waals surface area (Å²) in [6.45, 7) is 0.561. The van der Waals surface area contributed by atoms with E-state index >= 15 is 0 Å². The molecule has 0 spiro atoms. The lowest BCUT2D eigenvalue weighted by atomic mass is 10.2. The standard InChI is InChI=1S/C21H17ClFN5O3/c22-12-3-6-14(23)17(9-12)31-13-4-1-11(2-5-13)20-27-16(19(24)29)10-18(28-20)26-15-7-8-25-21(15)30/h1-6,9-10,15H,7-8H2,(H2,24,29)(H,25,30)(H,26,27,28). The van der Waals surface area contributed by atoms with Crippen LogP contribution in [0.5, 0.6) is 11.5 Å². The summed E-state index contributed by atoms with van der Waals surface area (Å²) in [5, 5.41) is 6.07. The van der Waals surface area contributed by atoms with Gasteiger partial charge in [0.25, 0.3) is 5.91 Å². The molecule has 0 radical (unpaired) electrons. The largest absolute Gasteiger partial charge is 0.454 e. The van der Waals surface area contributed by atoms with Gasteiger partial charge in [-0.1, -0.05) is 11.6 Å². The van der Waals surface area contributed by atoms with E-state index in [2.05, 4.69) is 20.6 Å². The quantitative estimate of drug-likeness (QED) is 0.540. The number of ether oxygens (including phenoxy) is 1. The van der Waals surface area contributed by atoms with Gasteiger partial charge in [-0.3, -0.25) is 9.59 Å². The van der Waals surface area contributed by atoms with Gasteiger partial charge in [-0.2, -0.15) is 0 Å². The molecule has 8 nitrogen and oxygen atoms in total. The molecule has 10 heteroatoms. The van der Waals surface area contributed by atoms with Crippen molar-refractivity contribution in [3.63, 3.8) is 0 Å². The lowest BCUT2D eigenvalue weighted by Crippen LogP contribution is -2.30. The number of halogens is 2. The van der Waals surface area contributed by atoms with Gasteiger partial charge < -0.3 is 21.1 Å². The van der Waals surface area contributed by atoms with Gasteiger partial charge in [0.15, 0.2) is 17.4 Å². The Morgan fingerprint density at radius 3 is 2.65 bits per heavy atom. The first-order valence-corrected chi connectivity index (χ1v) is 9.73. The molecular formula is C21H17ClFN5O3. The molecule has 2 heterocycles. The summed E-state index contributed by atoms with van der Waals surface area (Å²) in [4.78, 5) is 32.1. The Bertz CT molecular complexity index is 1160. The highest BCUT2D eigenvalue weighted by Crippen LogP contribution is 2.29. The molecule has 0 saturated carbocycles. The first-order valence-electron chi connectivity index (χ1n) is 9.35. The molecule has 4 N–H and O–H groups in total. The Morgan fingerprint density at radius 2 is 1.97 bits per heavy atom. The fourth-order valence-electron chi connectivity index (χ4n) is 3.04. The highest BCUT2D eigenvalue weighted by Gasteiger charge is 2.24. The number of carbonyl (C=O) groups is 2. The van der Waals surface area contributed by atoms with E-state index in [0.29, 0.717) is 35.1 Å². The van der Waals surface area contributed by atoms with Crippen LogP contribution < -0.4 is 21.1 Å². The maximum atomic E-state index is 13.9. The molecule has 1 atom stereocenters. The number of rotatable bonds is 6. The van der Waals surface area contributed by atoms with Crippen LogP contribution in [0.15, 0.2) is 48.5 Å². The SMILES string of the molecule is NC(=O)c1cc(NC2CCNC2=O)nc(-c2ccc(Oc3cc(Cl)ccc3F)cc2)n1.